The second-order valence-electron chi connectivity index (χ2n) is 6.45. The SMILES string of the molecule is CN1CCC(n2c(CC3CCCN3)nc3cccnc32)C1. The summed E-state index contributed by atoms with van der Waals surface area (Å²) in [6.07, 6.45) is 6.66. The van der Waals surface area contributed by atoms with Crippen LogP contribution in [0.1, 0.15) is 31.1 Å². The summed E-state index contributed by atoms with van der Waals surface area (Å²) < 4.78 is 2.42. The molecule has 2 atom stereocenters. The number of hydrogen-bond acceptors (Lipinski definition) is 4. The van der Waals surface area contributed by atoms with Crippen molar-refractivity contribution in [3.05, 3.63) is 24.2 Å². The number of nitrogens with one attached hydrogen (secondary N) is 1. The number of hydrogen-bond donors (Lipinski definition) is 1. The van der Waals surface area contributed by atoms with E-state index in [9.17, 15) is 0 Å². The molecule has 21 heavy (non-hydrogen) atoms. The lowest BCUT2D eigenvalue weighted by Crippen LogP contribution is -2.26. The van der Waals surface area contributed by atoms with E-state index in [2.05, 4.69) is 32.9 Å². The molecule has 2 aliphatic heterocycles. The standard InChI is InChI=1S/C16H23N5/c1-20-9-6-13(11-20)21-15(10-12-4-2-7-17-12)19-14-5-3-8-18-16(14)21/h3,5,8,12-13,17H,2,4,6-7,9-11H2,1H3. The van der Waals surface area contributed by atoms with Crippen LogP contribution in [0, 0.1) is 0 Å². The lowest BCUT2D eigenvalue weighted by Gasteiger charge is -2.18. The van der Waals surface area contributed by atoms with Crippen molar-refractivity contribution in [2.45, 2.75) is 37.8 Å². The summed E-state index contributed by atoms with van der Waals surface area (Å²) in [7, 11) is 2.20. The van der Waals surface area contributed by atoms with Gasteiger partial charge in [0.2, 0.25) is 0 Å². The van der Waals surface area contributed by atoms with Gasteiger partial charge in [-0.25, -0.2) is 9.97 Å². The summed E-state index contributed by atoms with van der Waals surface area (Å²) in [5, 5.41) is 3.59. The fourth-order valence-electron chi connectivity index (χ4n) is 3.78. The minimum absolute atomic E-state index is 0.520. The molecule has 2 fully saturated rings. The number of fused-ring (bicyclic) bond motifs is 1. The Labute approximate surface area is 125 Å². The van der Waals surface area contributed by atoms with Crippen LogP contribution in [0.3, 0.4) is 0 Å². The van der Waals surface area contributed by atoms with E-state index in [0.29, 0.717) is 12.1 Å². The zero-order valence-corrected chi connectivity index (χ0v) is 12.6. The van der Waals surface area contributed by atoms with Gasteiger partial charge in [-0.2, -0.15) is 0 Å². The highest BCUT2D eigenvalue weighted by molar-refractivity contribution is 5.71. The van der Waals surface area contributed by atoms with Crippen LogP contribution in [0.15, 0.2) is 18.3 Å². The molecule has 0 aliphatic carbocycles. The van der Waals surface area contributed by atoms with Crippen LogP contribution >= 0.6 is 0 Å². The number of pyridine rings is 1. The predicted molar refractivity (Wildman–Crippen MR) is 83.4 cm³/mol. The molecule has 0 radical (unpaired) electrons. The van der Waals surface area contributed by atoms with Crippen molar-refractivity contribution < 1.29 is 0 Å². The Morgan fingerprint density at radius 3 is 3.10 bits per heavy atom. The zero-order chi connectivity index (χ0) is 14.2. The molecule has 4 rings (SSSR count). The maximum absolute atomic E-state index is 4.89. The Morgan fingerprint density at radius 2 is 2.33 bits per heavy atom. The minimum atomic E-state index is 0.520. The molecule has 4 heterocycles. The largest absolute Gasteiger partial charge is 0.314 e. The van der Waals surface area contributed by atoms with E-state index >= 15 is 0 Å². The van der Waals surface area contributed by atoms with Crippen LogP contribution in [0.2, 0.25) is 0 Å². The average Bonchev–Trinajstić information content (AvgIpc) is 3.18. The average molecular weight is 285 g/mol. The number of likely N-dealkylation sites (N-methyl/N-ethyl adjacent to an activating group) is 1. The van der Waals surface area contributed by atoms with Crippen LogP contribution in [-0.2, 0) is 6.42 Å². The molecule has 2 saturated heterocycles. The van der Waals surface area contributed by atoms with E-state index in [1.807, 2.05) is 12.3 Å². The van der Waals surface area contributed by atoms with Gasteiger partial charge < -0.3 is 14.8 Å². The molecule has 0 spiro atoms. The third kappa shape index (κ3) is 2.45. The zero-order valence-electron chi connectivity index (χ0n) is 12.6. The first kappa shape index (κ1) is 13.2. The lowest BCUT2D eigenvalue weighted by atomic mass is 10.1. The van der Waals surface area contributed by atoms with Crippen LogP contribution < -0.4 is 5.32 Å². The number of likely N-dealkylation sites (tertiary alicyclic amines) is 1. The number of aromatic nitrogens is 3. The van der Waals surface area contributed by atoms with Crippen LogP contribution in [0.25, 0.3) is 11.2 Å². The summed E-state index contributed by atoms with van der Waals surface area (Å²) in [6, 6.07) is 5.17. The fraction of sp³-hybridized carbons (Fsp3) is 0.625. The number of rotatable bonds is 3. The first-order valence-electron chi connectivity index (χ1n) is 8.05. The van der Waals surface area contributed by atoms with E-state index in [1.165, 1.54) is 25.1 Å². The van der Waals surface area contributed by atoms with Crippen molar-refractivity contribution in [3.63, 3.8) is 0 Å². The van der Waals surface area contributed by atoms with E-state index in [0.717, 1.165) is 37.2 Å². The van der Waals surface area contributed by atoms with E-state index in [1.54, 1.807) is 0 Å². The molecule has 112 valence electrons. The van der Waals surface area contributed by atoms with Gasteiger partial charge in [0.15, 0.2) is 5.65 Å². The first-order valence-corrected chi connectivity index (χ1v) is 8.05. The van der Waals surface area contributed by atoms with Crippen LogP contribution in [0.4, 0.5) is 0 Å². The van der Waals surface area contributed by atoms with E-state index < -0.39 is 0 Å². The van der Waals surface area contributed by atoms with Gasteiger partial charge in [-0.3, -0.25) is 0 Å². The molecule has 2 aliphatic rings. The highest BCUT2D eigenvalue weighted by Gasteiger charge is 2.27. The van der Waals surface area contributed by atoms with Gasteiger partial charge in [0, 0.05) is 25.2 Å². The van der Waals surface area contributed by atoms with E-state index in [-0.39, 0.29) is 0 Å². The van der Waals surface area contributed by atoms with Gasteiger partial charge in [0.25, 0.3) is 0 Å². The van der Waals surface area contributed by atoms with Crippen molar-refractivity contribution in [1.82, 2.24) is 24.8 Å². The molecule has 5 heteroatoms. The molecule has 5 nitrogen and oxygen atoms in total. The highest BCUT2D eigenvalue weighted by atomic mass is 15.2. The molecular weight excluding hydrogens is 262 g/mol. The lowest BCUT2D eigenvalue weighted by molar-refractivity contribution is 0.390. The Balaban J connectivity index is 1.73. The number of imidazole rings is 1. The normalized spacial score (nSPS) is 26.9. The van der Waals surface area contributed by atoms with Crippen molar-refractivity contribution in [1.29, 1.82) is 0 Å². The minimum Gasteiger partial charge on any atom is -0.314 e. The molecular formula is C16H23N5. The molecule has 2 aromatic rings. The van der Waals surface area contributed by atoms with Crippen molar-refractivity contribution in [2.24, 2.45) is 0 Å². The second kappa shape index (κ2) is 5.39. The monoisotopic (exact) mass is 285 g/mol. The Morgan fingerprint density at radius 1 is 1.38 bits per heavy atom. The van der Waals surface area contributed by atoms with Gasteiger partial charge in [-0.1, -0.05) is 0 Å². The van der Waals surface area contributed by atoms with Gasteiger partial charge in [0.1, 0.15) is 11.3 Å². The molecule has 2 unspecified atom stereocenters. The first-order chi connectivity index (χ1) is 10.3. The summed E-state index contributed by atoms with van der Waals surface area (Å²) in [6.45, 7) is 3.42. The quantitative estimate of drug-likeness (QED) is 0.930. The third-order valence-electron chi connectivity index (χ3n) is 4.84. The Bertz CT molecular complexity index is 629. The second-order valence-corrected chi connectivity index (χ2v) is 6.45. The third-order valence-corrected chi connectivity index (χ3v) is 4.84. The maximum Gasteiger partial charge on any atom is 0.160 e. The van der Waals surface area contributed by atoms with Crippen molar-refractivity contribution in [3.8, 4) is 0 Å². The number of nitrogens with zero attached hydrogens (tertiary/aromatic N) is 4. The summed E-state index contributed by atoms with van der Waals surface area (Å²) in [5.41, 5.74) is 2.10. The smallest absolute Gasteiger partial charge is 0.160 e. The summed E-state index contributed by atoms with van der Waals surface area (Å²) >= 11 is 0. The topological polar surface area (TPSA) is 46.0 Å². The van der Waals surface area contributed by atoms with Gasteiger partial charge in [0.05, 0.1) is 6.04 Å². The van der Waals surface area contributed by atoms with Crippen molar-refractivity contribution >= 4 is 11.2 Å². The van der Waals surface area contributed by atoms with Crippen molar-refractivity contribution in [2.75, 3.05) is 26.7 Å². The fourth-order valence-corrected chi connectivity index (χ4v) is 3.78. The molecule has 1 N–H and O–H groups in total. The summed E-state index contributed by atoms with van der Waals surface area (Å²) in [4.78, 5) is 11.9. The molecule has 0 amide bonds. The van der Waals surface area contributed by atoms with Crippen LogP contribution in [-0.4, -0.2) is 52.2 Å². The van der Waals surface area contributed by atoms with Gasteiger partial charge in [-0.15, -0.1) is 0 Å². The molecule has 0 saturated carbocycles. The van der Waals surface area contributed by atoms with Gasteiger partial charge >= 0.3 is 0 Å². The molecule has 2 aromatic heterocycles. The molecule has 0 bridgehead atoms. The van der Waals surface area contributed by atoms with Gasteiger partial charge in [-0.05, 0) is 51.5 Å². The Hall–Kier alpha value is -1.46. The van der Waals surface area contributed by atoms with E-state index in [4.69, 9.17) is 4.98 Å². The maximum atomic E-state index is 4.89. The highest BCUT2D eigenvalue weighted by Crippen LogP contribution is 2.27. The Kier molecular flexibility index (Phi) is 3.39. The van der Waals surface area contributed by atoms with Crippen LogP contribution in [0.5, 0.6) is 0 Å². The summed E-state index contributed by atoms with van der Waals surface area (Å²) in [5.74, 6) is 1.21. The predicted octanol–water partition coefficient (Wildman–Crippen LogP) is 1.60. The molecule has 0 aromatic carbocycles.